The number of anilines is 2. The van der Waals surface area contributed by atoms with E-state index >= 15 is 0 Å². The molecular weight excluding hydrogens is 264 g/mol. The fourth-order valence-electron chi connectivity index (χ4n) is 1.56. The molecule has 0 fully saturated rings. The molecule has 0 aliphatic rings. The number of nitrogens with zero attached hydrogens (tertiary/aromatic N) is 1. The van der Waals surface area contributed by atoms with E-state index in [9.17, 15) is 9.90 Å². The van der Waals surface area contributed by atoms with E-state index in [-0.39, 0.29) is 12.4 Å². The van der Waals surface area contributed by atoms with Crippen LogP contribution in [-0.4, -0.2) is 11.2 Å². The second kappa shape index (κ2) is 6.66. The Hall–Kier alpha value is -2.20. The third kappa shape index (κ3) is 3.89. The van der Waals surface area contributed by atoms with Gasteiger partial charge in [-0.05, 0) is 31.2 Å². The van der Waals surface area contributed by atoms with Crippen molar-refractivity contribution in [1.29, 1.82) is 0 Å². The van der Waals surface area contributed by atoms with E-state index in [1.165, 1.54) is 0 Å². The minimum absolute atomic E-state index is 0. The highest BCUT2D eigenvalue weighted by atomic mass is 35.5. The molecule has 0 radical (unpaired) electrons. The second-order valence-electron chi connectivity index (χ2n) is 3.93. The predicted octanol–water partition coefficient (Wildman–Crippen LogP) is 3.93. The van der Waals surface area contributed by atoms with Crippen LogP contribution in [0.4, 0.5) is 16.2 Å². The van der Waals surface area contributed by atoms with Crippen molar-refractivity contribution in [2.24, 2.45) is 0 Å². The molecule has 0 bridgehead atoms. The van der Waals surface area contributed by atoms with Gasteiger partial charge in [0.25, 0.3) is 0 Å². The number of amides is 1. The molecule has 0 saturated carbocycles. The van der Waals surface area contributed by atoms with Crippen molar-refractivity contribution in [3.63, 3.8) is 0 Å². The molecule has 2 rings (SSSR count). The zero-order chi connectivity index (χ0) is 13.0. The zero-order valence-corrected chi connectivity index (χ0v) is 11.2. The van der Waals surface area contributed by atoms with Gasteiger partial charge < -0.3 is 5.11 Å². The number of carbonyl (C=O) groups is 1. The maximum Gasteiger partial charge on any atom is 0.430 e. The number of nitrogens with one attached hydrogen (secondary N) is 1. The molecule has 5 heteroatoms. The third-order valence-corrected chi connectivity index (χ3v) is 2.50. The molecule has 2 aromatic rings. The van der Waals surface area contributed by atoms with Crippen LogP contribution in [0.3, 0.4) is 0 Å². The Morgan fingerprint density at radius 1 is 1.05 bits per heavy atom. The van der Waals surface area contributed by atoms with Gasteiger partial charge in [0.15, 0.2) is 0 Å². The van der Waals surface area contributed by atoms with Crippen LogP contribution in [0.25, 0.3) is 0 Å². The molecule has 1 amide bonds. The monoisotopic (exact) mass is 278 g/mol. The Bertz CT molecular complexity index is 529. The summed E-state index contributed by atoms with van der Waals surface area (Å²) in [7, 11) is 0. The Balaban J connectivity index is 0.00000180. The summed E-state index contributed by atoms with van der Waals surface area (Å²) in [5.74, 6) is 0. The number of para-hydroxylation sites is 1. The van der Waals surface area contributed by atoms with E-state index in [4.69, 9.17) is 0 Å². The number of halogens is 1. The fourth-order valence-corrected chi connectivity index (χ4v) is 1.56. The molecule has 0 unspecified atom stereocenters. The smallest absolute Gasteiger partial charge is 0.430 e. The number of hydrogen-bond donors (Lipinski definition) is 2. The minimum Gasteiger partial charge on any atom is -0.463 e. The molecular formula is C14H15ClN2O2. The summed E-state index contributed by atoms with van der Waals surface area (Å²) >= 11 is 0. The number of rotatable bonds is 3. The molecule has 0 saturated heterocycles. The molecule has 2 N–H and O–H groups in total. The van der Waals surface area contributed by atoms with E-state index < -0.39 is 6.09 Å². The van der Waals surface area contributed by atoms with Gasteiger partial charge in [0.05, 0.1) is 11.4 Å². The van der Waals surface area contributed by atoms with Crippen LogP contribution >= 0.6 is 12.4 Å². The van der Waals surface area contributed by atoms with Gasteiger partial charge in [0, 0.05) is 0 Å². The van der Waals surface area contributed by atoms with Gasteiger partial charge in [-0.1, -0.05) is 35.9 Å². The lowest BCUT2D eigenvalue weighted by Crippen LogP contribution is -2.34. The molecule has 0 atom stereocenters. The largest absolute Gasteiger partial charge is 0.463 e. The highest BCUT2D eigenvalue weighted by Crippen LogP contribution is 2.17. The maximum atomic E-state index is 11.3. The Morgan fingerprint density at radius 3 is 2.16 bits per heavy atom. The Kier molecular flexibility index (Phi) is 5.21. The number of benzene rings is 2. The first-order chi connectivity index (χ1) is 8.66. The summed E-state index contributed by atoms with van der Waals surface area (Å²) < 4.78 is 0. The number of hydrogen-bond acceptors (Lipinski definition) is 2. The molecule has 0 aliphatic heterocycles. The average Bonchev–Trinajstić information content (AvgIpc) is 2.38. The van der Waals surface area contributed by atoms with Crippen molar-refractivity contribution < 1.29 is 9.90 Å². The Labute approximate surface area is 118 Å². The SMILES string of the molecule is Cc1ccc(N(Nc2ccccc2)C(=O)O)cc1.Cl. The lowest BCUT2D eigenvalue weighted by Gasteiger charge is -2.21. The quantitative estimate of drug-likeness (QED) is 0.837. The summed E-state index contributed by atoms with van der Waals surface area (Å²) in [4.78, 5) is 11.3. The maximum absolute atomic E-state index is 11.3. The molecule has 0 aliphatic carbocycles. The summed E-state index contributed by atoms with van der Waals surface area (Å²) in [5, 5.41) is 10.3. The van der Waals surface area contributed by atoms with E-state index in [1.54, 1.807) is 12.1 Å². The van der Waals surface area contributed by atoms with Gasteiger partial charge >= 0.3 is 6.09 Å². The molecule has 2 aromatic carbocycles. The fraction of sp³-hybridized carbons (Fsp3) is 0.0714. The van der Waals surface area contributed by atoms with E-state index in [1.807, 2.05) is 49.4 Å². The first kappa shape index (κ1) is 14.9. The first-order valence-corrected chi connectivity index (χ1v) is 5.58. The Morgan fingerprint density at radius 2 is 1.63 bits per heavy atom. The van der Waals surface area contributed by atoms with Crippen LogP contribution in [0.5, 0.6) is 0 Å². The number of hydrazine groups is 1. The summed E-state index contributed by atoms with van der Waals surface area (Å²) in [5.41, 5.74) is 5.24. The minimum atomic E-state index is -1.05. The van der Waals surface area contributed by atoms with Gasteiger partial charge in [-0.2, -0.15) is 5.01 Å². The molecule has 0 spiro atoms. The third-order valence-electron chi connectivity index (χ3n) is 2.50. The topological polar surface area (TPSA) is 52.6 Å². The van der Waals surface area contributed by atoms with Gasteiger partial charge in [0.1, 0.15) is 0 Å². The van der Waals surface area contributed by atoms with E-state index in [2.05, 4.69) is 5.43 Å². The second-order valence-corrected chi connectivity index (χ2v) is 3.93. The van der Waals surface area contributed by atoms with Crippen LogP contribution in [0.1, 0.15) is 5.56 Å². The molecule has 0 aromatic heterocycles. The van der Waals surface area contributed by atoms with Gasteiger partial charge in [-0.3, -0.25) is 5.43 Å². The van der Waals surface area contributed by atoms with E-state index in [0.717, 1.165) is 16.3 Å². The average molecular weight is 279 g/mol. The normalized spacial score (nSPS) is 9.32. The molecule has 100 valence electrons. The van der Waals surface area contributed by atoms with E-state index in [0.29, 0.717) is 5.69 Å². The molecule has 4 nitrogen and oxygen atoms in total. The lowest BCUT2D eigenvalue weighted by molar-refractivity contribution is 0.203. The molecule has 19 heavy (non-hydrogen) atoms. The van der Waals surface area contributed by atoms with Crippen LogP contribution in [0.2, 0.25) is 0 Å². The van der Waals surface area contributed by atoms with Crippen molar-refractivity contribution >= 4 is 29.9 Å². The van der Waals surface area contributed by atoms with Gasteiger partial charge in [-0.25, -0.2) is 4.79 Å². The van der Waals surface area contributed by atoms with Gasteiger partial charge in [0.2, 0.25) is 0 Å². The summed E-state index contributed by atoms with van der Waals surface area (Å²) in [6.07, 6.45) is -1.05. The van der Waals surface area contributed by atoms with Crippen molar-refractivity contribution in [2.75, 3.05) is 10.4 Å². The van der Waals surface area contributed by atoms with Crippen molar-refractivity contribution in [2.45, 2.75) is 6.92 Å². The van der Waals surface area contributed by atoms with Crippen LogP contribution < -0.4 is 10.4 Å². The number of carboxylic acid groups (broad SMARTS) is 1. The van der Waals surface area contributed by atoms with Crippen molar-refractivity contribution in [3.8, 4) is 0 Å². The summed E-state index contributed by atoms with van der Waals surface area (Å²) in [6, 6.07) is 16.5. The van der Waals surface area contributed by atoms with Gasteiger partial charge in [-0.15, -0.1) is 12.4 Å². The highest BCUT2D eigenvalue weighted by molar-refractivity contribution is 5.88. The predicted molar refractivity (Wildman–Crippen MR) is 79.0 cm³/mol. The molecule has 0 heterocycles. The van der Waals surface area contributed by atoms with Crippen LogP contribution in [-0.2, 0) is 0 Å². The van der Waals surface area contributed by atoms with Crippen molar-refractivity contribution in [1.82, 2.24) is 0 Å². The first-order valence-electron chi connectivity index (χ1n) is 5.58. The lowest BCUT2D eigenvalue weighted by atomic mass is 10.2. The summed E-state index contributed by atoms with van der Waals surface area (Å²) in [6.45, 7) is 1.96. The van der Waals surface area contributed by atoms with Crippen LogP contribution in [0.15, 0.2) is 54.6 Å². The zero-order valence-electron chi connectivity index (χ0n) is 10.4. The standard InChI is InChI=1S/C14H14N2O2.ClH/c1-11-7-9-13(10-8-11)16(14(17)18)15-12-5-3-2-4-6-12;/h2-10,15H,1H3,(H,17,18);1H. The van der Waals surface area contributed by atoms with Crippen LogP contribution in [0, 0.1) is 6.92 Å². The number of aryl methyl sites for hydroxylation is 1. The van der Waals surface area contributed by atoms with Crippen molar-refractivity contribution in [3.05, 3.63) is 60.2 Å². The highest BCUT2D eigenvalue weighted by Gasteiger charge is 2.13.